The molecule has 176 valence electrons. The number of benzene rings is 2. The van der Waals surface area contributed by atoms with Crippen LogP contribution >= 0.6 is 39.9 Å². The molecule has 0 spiro atoms. The van der Waals surface area contributed by atoms with Gasteiger partial charge in [-0.25, -0.2) is 14.4 Å². The fraction of sp³-hybridized carbons (Fsp3) is 0.391. The van der Waals surface area contributed by atoms with Gasteiger partial charge in [0.1, 0.15) is 12.1 Å². The van der Waals surface area contributed by atoms with Crippen molar-refractivity contribution in [2.75, 3.05) is 32.1 Å². The van der Waals surface area contributed by atoms with E-state index in [9.17, 15) is 4.39 Å². The third-order valence-electron chi connectivity index (χ3n) is 6.44. The molecule has 2 aromatic carbocycles. The summed E-state index contributed by atoms with van der Waals surface area (Å²) in [6.45, 7) is 2.91. The lowest BCUT2D eigenvalue weighted by Gasteiger charge is -2.17. The predicted molar refractivity (Wildman–Crippen MR) is 134 cm³/mol. The monoisotopic (exact) mass is 556 g/mol. The summed E-state index contributed by atoms with van der Waals surface area (Å²) in [5, 5.41) is 7.19. The second-order valence-electron chi connectivity index (χ2n) is 8.42. The second kappa shape index (κ2) is 10.2. The van der Waals surface area contributed by atoms with Gasteiger partial charge in [-0.15, -0.1) is 12.4 Å². The van der Waals surface area contributed by atoms with E-state index in [0.29, 0.717) is 45.2 Å². The molecule has 2 aliphatic rings. The summed E-state index contributed by atoms with van der Waals surface area (Å²) in [5.41, 5.74) is 0.896. The molecular weight excluding hydrogens is 534 g/mol. The zero-order valence-corrected chi connectivity index (χ0v) is 21.1. The largest absolute Gasteiger partial charge is 0.493 e. The van der Waals surface area contributed by atoms with E-state index in [1.54, 1.807) is 19.2 Å². The number of nitrogens with one attached hydrogen (secondary N) is 2. The Kier molecular flexibility index (Phi) is 7.48. The molecule has 2 N–H and O–H groups in total. The maximum Gasteiger partial charge on any atom is 0.166 e. The first-order chi connectivity index (χ1) is 15.5. The molecule has 10 heteroatoms. The van der Waals surface area contributed by atoms with E-state index >= 15 is 0 Å². The average molecular weight is 558 g/mol. The summed E-state index contributed by atoms with van der Waals surface area (Å²) in [7, 11) is 1.60. The summed E-state index contributed by atoms with van der Waals surface area (Å²) in [6, 6.07) is 6.94. The van der Waals surface area contributed by atoms with Crippen molar-refractivity contribution in [3.05, 3.63) is 45.9 Å². The van der Waals surface area contributed by atoms with Gasteiger partial charge in [0.2, 0.25) is 0 Å². The van der Waals surface area contributed by atoms with Gasteiger partial charge in [-0.3, -0.25) is 0 Å². The lowest BCUT2D eigenvalue weighted by molar-refractivity contribution is 0.234. The summed E-state index contributed by atoms with van der Waals surface area (Å²) in [4.78, 5) is 8.67. The van der Waals surface area contributed by atoms with E-state index in [0.717, 1.165) is 24.9 Å². The maximum atomic E-state index is 14.6. The fourth-order valence-corrected chi connectivity index (χ4v) is 5.29. The van der Waals surface area contributed by atoms with Gasteiger partial charge in [-0.1, -0.05) is 11.6 Å². The highest BCUT2D eigenvalue weighted by Crippen LogP contribution is 2.40. The lowest BCUT2D eigenvalue weighted by atomic mass is 10.0. The summed E-state index contributed by atoms with van der Waals surface area (Å²) < 4.78 is 26.8. The molecule has 2 heterocycles. The van der Waals surface area contributed by atoms with Crippen LogP contribution in [0, 0.1) is 23.6 Å². The van der Waals surface area contributed by atoms with Crippen LogP contribution in [-0.2, 0) is 0 Å². The van der Waals surface area contributed by atoms with Gasteiger partial charge in [0, 0.05) is 15.9 Å². The van der Waals surface area contributed by atoms with E-state index in [1.807, 2.05) is 12.1 Å². The Labute approximate surface area is 211 Å². The Morgan fingerprint density at radius 1 is 1.18 bits per heavy atom. The molecule has 33 heavy (non-hydrogen) atoms. The number of fused-ring (bicyclic) bond motifs is 2. The molecule has 1 saturated carbocycles. The highest BCUT2D eigenvalue weighted by Gasteiger charge is 2.37. The van der Waals surface area contributed by atoms with Crippen LogP contribution < -0.4 is 20.1 Å². The minimum atomic E-state index is -0.559. The van der Waals surface area contributed by atoms with Crippen LogP contribution in [0.15, 0.2) is 35.1 Å². The number of halogens is 4. The molecule has 6 nitrogen and oxygen atoms in total. The Balaban J connectivity index is 0.00000259. The molecule has 0 bridgehead atoms. The molecule has 0 amide bonds. The fourth-order valence-electron chi connectivity index (χ4n) is 4.82. The van der Waals surface area contributed by atoms with Gasteiger partial charge in [0.05, 0.1) is 29.9 Å². The average Bonchev–Trinajstić information content (AvgIpc) is 3.39. The number of anilines is 2. The van der Waals surface area contributed by atoms with Crippen LogP contribution in [0.25, 0.3) is 10.9 Å². The van der Waals surface area contributed by atoms with Crippen molar-refractivity contribution >= 4 is 62.3 Å². The van der Waals surface area contributed by atoms with E-state index in [-0.39, 0.29) is 23.1 Å². The first-order valence-electron chi connectivity index (χ1n) is 10.6. The first kappa shape index (κ1) is 24.3. The smallest absolute Gasteiger partial charge is 0.166 e. The minimum Gasteiger partial charge on any atom is -0.493 e. The van der Waals surface area contributed by atoms with E-state index in [4.69, 9.17) is 21.1 Å². The minimum absolute atomic E-state index is 0. The molecule has 1 aliphatic heterocycles. The van der Waals surface area contributed by atoms with Crippen LogP contribution in [0.3, 0.4) is 0 Å². The normalized spacial score (nSPS) is 21.5. The van der Waals surface area contributed by atoms with E-state index in [1.165, 1.54) is 19.2 Å². The van der Waals surface area contributed by atoms with Crippen LogP contribution in [0.1, 0.15) is 12.8 Å². The maximum absolute atomic E-state index is 14.6. The molecule has 1 aliphatic carbocycles. The van der Waals surface area contributed by atoms with E-state index < -0.39 is 5.82 Å². The third-order valence-corrected chi connectivity index (χ3v) is 7.69. The standard InChI is InChI=1S/C23H23BrClFN4O2.ClH/c1-31-19-6-15-18(7-20(19)32-10-12-4-13-8-27-9-14(13)5-12)28-11-29-23(15)30-17-3-2-16(24)21(25)22(17)26;/h2-3,6-7,11-14,27H,4-5,8-10H2,1H3,(H,28,29,30);1H/t12-,13-,14?;/m1./s1. The summed E-state index contributed by atoms with van der Waals surface area (Å²) in [5.74, 6) is 3.24. The highest BCUT2D eigenvalue weighted by molar-refractivity contribution is 9.10. The third kappa shape index (κ3) is 4.85. The Bertz CT molecular complexity index is 1160. The van der Waals surface area contributed by atoms with Crippen LogP contribution in [-0.4, -0.2) is 36.8 Å². The van der Waals surface area contributed by atoms with Gasteiger partial charge in [0.15, 0.2) is 17.3 Å². The Morgan fingerprint density at radius 3 is 2.67 bits per heavy atom. The SMILES string of the molecule is COc1cc2c(Nc3ccc(Br)c(Cl)c3F)ncnc2cc1OC[C@H]1CC2CNC[C@H]2C1.Cl. The quantitative estimate of drug-likeness (QED) is 0.363. The molecular formula is C23H24BrCl2FN4O2. The Hall–Kier alpha value is -1.87. The van der Waals surface area contributed by atoms with Gasteiger partial charge < -0.3 is 20.1 Å². The Morgan fingerprint density at radius 2 is 1.94 bits per heavy atom. The predicted octanol–water partition coefficient (Wildman–Crippen LogP) is 5.98. The zero-order valence-electron chi connectivity index (χ0n) is 17.9. The van der Waals surface area contributed by atoms with Crippen molar-refractivity contribution in [2.24, 2.45) is 17.8 Å². The number of aromatic nitrogens is 2. The lowest BCUT2D eigenvalue weighted by Crippen LogP contribution is -2.15. The van der Waals surface area contributed by atoms with Gasteiger partial charge >= 0.3 is 0 Å². The van der Waals surface area contributed by atoms with Crippen molar-refractivity contribution in [1.82, 2.24) is 15.3 Å². The summed E-state index contributed by atoms with van der Waals surface area (Å²) in [6.07, 6.45) is 3.83. The van der Waals surface area contributed by atoms with Crippen molar-refractivity contribution in [2.45, 2.75) is 12.8 Å². The summed E-state index contributed by atoms with van der Waals surface area (Å²) >= 11 is 9.25. The molecule has 3 aromatic rings. The van der Waals surface area contributed by atoms with Crippen LogP contribution in [0.5, 0.6) is 11.5 Å². The zero-order chi connectivity index (χ0) is 22.2. The molecule has 3 atom stereocenters. The topological polar surface area (TPSA) is 68.3 Å². The van der Waals surface area contributed by atoms with Crippen molar-refractivity contribution < 1.29 is 13.9 Å². The molecule has 1 unspecified atom stereocenters. The molecule has 5 rings (SSSR count). The number of rotatable bonds is 6. The van der Waals surface area contributed by atoms with Gasteiger partial charge in [0.25, 0.3) is 0 Å². The molecule has 1 aromatic heterocycles. The molecule has 2 fully saturated rings. The highest BCUT2D eigenvalue weighted by atomic mass is 79.9. The van der Waals surface area contributed by atoms with E-state index in [2.05, 4.69) is 36.5 Å². The number of methoxy groups -OCH3 is 1. The van der Waals surface area contributed by atoms with Gasteiger partial charge in [-0.05, 0) is 77.8 Å². The van der Waals surface area contributed by atoms with Crippen molar-refractivity contribution in [3.63, 3.8) is 0 Å². The second-order valence-corrected chi connectivity index (χ2v) is 9.65. The van der Waals surface area contributed by atoms with Crippen LogP contribution in [0.2, 0.25) is 5.02 Å². The molecule has 1 saturated heterocycles. The number of hydrogen-bond donors (Lipinski definition) is 2. The first-order valence-corrected chi connectivity index (χ1v) is 11.8. The van der Waals surface area contributed by atoms with Crippen molar-refractivity contribution in [1.29, 1.82) is 0 Å². The van der Waals surface area contributed by atoms with Gasteiger partial charge in [-0.2, -0.15) is 0 Å². The van der Waals surface area contributed by atoms with Crippen LogP contribution in [0.4, 0.5) is 15.9 Å². The number of ether oxygens (including phenoxy) is 2. The number of nitrogens with zero attached hydrogens (tertiary/aromatic N) is 2. The van der Waals surface area contributed by atoms with Crippen molar-refractivity contribution in [3.8, 4) is 11.5 Å². The number of hydrogen-bond acceptors (Lipinski definition) is 6. The molecule has 0 radical (unpaired) electrons.